The number of hydrogen-bond donors (Lipinski definition) is 1. The van der Waals surface area contributed by atoms with Crippen molar-refractivity contribution in [3.05, 3.63) is 121 Å². The molecule has 0 saturated carbocycles. The van der Waals surface area contributed by atoms with Crippen molar-refractivity contribution in [1.29, 1.82) is 0 Å². The van der Waals surface area contributed by atoms with Crippen LogP contribution >= 0.6 is 0 Å². The number of hydrogen-bond acceptors (Lipinski definition) is 6. The van der Waals surface area contributed by atoms with Gasteiger partial charge in [0.05, 0.1) is 12.0 Å². The van der Waals surface area contributed by atoms with Gasteiger partial charge in [0, 0.05) is 0 Å². The van der Waals surface area contributed by atoms with Crippen LogP contribution in [-0.2, 0) is 23.2 Å². The lowest BCUT2D eigenvalue weighted by molar-refractivity contribution is -0.687. The number of imidazole rings is 1. The van der Waals surface area contributed by atoms with Crippen LogP contribution in [0.1, 0.15) is 16.7 Å². The highest BCUT2D eigenvalue weighted by Crippen LogP contribution is 2.17. The van der Waals surface area contributed by atoms with Gasteiger partial charge in [0.15, 0.2) is 0 Å². The Hall–Kier alpha value is -4.18. The van der Waals surface area contributed by atoms with Crippen LogP contribution in [0.2, 0.25) is 0 Å². The van der Waals surface area contributed by atoms with Crippen LogP contribution in [0, 0.1) is 0 Å². The monoisotopic (exact) mass is 548 g/mol. The molecule has 1 aromatic heterocycles. The summed E-state index contributed by atoms with van der Waals surface area (Å²) in [5.41, 5.74) is 3.11. The van der Waals surface area contributed by atoms with Gasteiger partial charge < -0.3 is 19.1 Å². The van der Waals surface area contributed by atoms with Gasteiger partial charge in [0.2, 0.25) is 6.33 Å². The number of aromatic nitrogens is 2. The second kappa shape index (κ2) is 14.1. The van der Waals surface area contributed by atoms with Crippen LogP contribution in [0.15, 0.2) is 110 Å². The molecule has 204 valence electrons. The first-order chi connectivity index (χ1) is 18.7. The summed E-state index contributed by atoms with van der Waals surface area (Å²) >= 11 is 0. The minimum atomic E-state index is -4.31. The maximum absolute atomic E-state index is 10.5. The fourth-order valence-corrected chi connectivity index (χ4v) is 4.01. The molecule has 39 heavy (non-hydrogen) atoms. The molecule has 0 aliphatic heterocycles. The maximum atomic E-state index is 10.5. The number of benzene rings is 3. The molecule has 0 aliphatic rings. The number of ether oxygens (including phenoxy) is 2. The summed E-state index contributed by atoms with van der Waals surface area (Å²) in [4.78, 5) is -0.215. The average molecular weight is 549 g/mol. The number of aliphatic hydroxyl groups is 1. The summed E-state index contributed by atoms with van der Waals surface area (Å²) in [6, 6.07) is 21.2. The molecular weight excluding hydrogens is 516 g/mol. The molecular formula is C30H32N2O6S. The Balaban J connectivity index is 0.000000293. The number of aliphatic hydroxyl groups excluding tert-OH is 1. The third kappa shape index (κ3) is 9.57. The van der Waals surface area contributed by atoms with Crippen molar-refractivity contribution in [3.63, 3.8) is 0 Å². The number of methoxy groups -OCH3 is 1. The molecule has 0 bridgehead atoms. The quantitative estimate of drug-likeness (QED) is 0.223. The van der Waals surface area contributed by atoms with Crippen molar-refractivity contribution in [2.75, 3.05) is 13.7 Å². The molecule has 0 fully saturated rings. The highest BCUT2D eigenvalue weighted by atomic mass is 32.2. The van der Waals surface area contributed by atoms with Crippen LogP contribution in [0.4, 0.5) is 0 Å². The standard InChI is InChI=1S/C22H25N2O3.C8H8O3S/c1-3-18-4-6-19(7-5-18)14-23-12-13-24(17-23)15-20(25)16-27-22-10-8-21(26-2)9-11-22;1-2-7-3-5-8(6-4-7)12(9,10)11/h3-13,17,20,25H,1,14-16H2,2H3;2-6H,1H2,(H,9,10,11)/q+1;/p-1. The van der Waals surface area contributed by atoms with E-state index in [1.165, 1.54) is 29.8 Å². The topological polar surface area (TPSA) is 105 Å². The lowest BCUT2D eigenvalue weighted by Crippen LogP contribution is -2.32. The molecule has 0 radical (unpaired) electrons. The van der Waals surface area contributed by atoms with Gasteiger partial charge in [-0.3, -0.25) is 0 Å². The van der Waals surface area contributed by atoms with E-state index < -0.39 is 16.2 Å². The molecule has 4 rings (SSSR count). The van der Waals surface area contributed by atoms with E-state index in [-0.39, 0.29) is 11.5 Å². The van der Waals surface area contributed by atoms with E-state index in [1.807, 2.05) is 53.6 Å². The Morgan fingerprint density at radius 1 is 0.949 bits per heavy atom. The van der Waals surface area contributed by atoms with E-state index in [2.05, 4.69) is 42.0 Å². The second-order valence-electron chi connectivity index (χ2n) is 8.60. The summed E-state index contributed by atoms with van der Waals surface area (Å²) in [6.45, 7) is 8.75. The lowest BCUT2D eigenvalue weighted by Gasteiger charge is -2.11. The van der Waals surface area contributed by atoms with Crippen molar-refractivity contribution >= 4 is 22.3 Å². The number of nitrogens with zero attached hydrogens (tertiary/aromatic N) is 2. The molecule has 4 aromatic rings. The van der Waals surface area contributed by atoms with E-state index in [0.29, 0.717) is 12.3 Å². The van der Waals surface area contributed by atoms with Crippen molar-refractivity contribution in [3.8, 4) is 11.5 Å². The minimum absolute atomic E-state index is 0.215. The fourth-order valence-electron chi connectivity index (χ4n) is 3.54. The van der Waals surface area contributed by atoms with Gasteiger partial charge >= 0.3 is 0 Å². The van der Waals surface area contributed by atoms with Crippen LogP contribution in [0.25, 0.3) is 12.2 Å². The largest absolute Gasteiger partial charge is 0.744 e. The molecule has 0 amide bonds. The minimum Gasteiger partial charge on any atom is -0.744 e. The van der Waals surface area contributed by atoms with E-state index in [9.17, 15) is 18.1 Å². The molecule has 9 heteroatoms. The maximum Gasteiger partial charge on any atom is 0.244 e. The SMILES string of the molecule is C=Cc1ccc(C[n+]2ccn(CC(O)COc3ccc(OC)cc3)c2)cc1.C=Cc1ccc(S(=O)(=O)[O-])cc1. The van der Waals surface area contributed by atoms with E-state index in [0.717, 1.165) is 23.4 Å². The fraction of sp³-hybridized carbons (Fsp3) is 0.167. The second-order valence-corrected chi connectivity index (χ2v) is 9.98. The van der Waals surface area contributed by atoms with E-state index in [1.54, 1.807) is 13.2 Å². The first-order valence-corrected chi connectivity index (χ1v) is 13.5. The Morgan fingerprint density at radius 3 is 2.05 bits per heavy atom. The Bertz CT molecular complexity index is 1440. The van der Waals surface area contributed by atoms with Crippen LogP contribution < -0.4 is 14.0 Å². The van der Waals surface area contributed by atoms with Crippen molar-refractivity contribution in [2.45, 2.75) is 24.1 Å². The third-order valence-corrected chi connectivity index (χ3v) is 6.50. The van der Waals surface area contributed by atoms with E-state index in [4.69, 9.17) is 9.47 Å². The molecule has 0 spiro atoms. The molecule has 1 N–H and O–H groups in total. The zero-order valence-electron chi connectivity index (χ0n) is 21.7. The van der Waals surface area contributed by atoms with Crippen molar-refractivity contribution in [2.24, 2.45) is 0 Å². The van der Waals surface area contributed by atoms with Gasteiger partial charge in [-0.05, 0) is 53.1 Å². The van der Waals surface area contributed by atoms with Gasteiger partial charge in [-0.25, -0.2) is 17.6 Å². The normalized spacial score (nSPS) is 11.6. The van der Waals surface area contributed by atoms with Crippen molar-refractivity contribution in [1.82, 2.24) is 4.57 Å². The summed E-state index contributed by atoms with van der Waals surface area (Å²) < 4.78 is 46.1. The Morgan fingerprint density at radius 2 is 1.51 bits per heavy atom. The zero-order valence-corrected chi connectivity index (χ0v) is 22.5. The third-order valence-electron chi connectivity index (χ3n) is 5.65. The molecule has 0 saturated heterocycles. The molecule has 1 unspecified atom stereocenters. The lowest BCUT2D eigenvalue weighted by atomic mass is 10.1. The highest BCUT2D eigenvalue weighted by molar-refractivity contribution is 7.85. The Kier molecular flexibility index (Phi) is 10.6. The smallest absolute Gasteiger partial charge is 0.244 e. The zero-order chi connectivity index (χ0) is 28.3. The average Bonchev–Trinajstić information content (AvgIpc) is 3.38. The molecule has 3 aromatic carbocycles. The Labute approximate surface area is 229 Å². The summed E-state index contributed by atoms with van der Waals surface area (Å²) in [5.74, 6) is 1.49. The molecule has 1 heterocycles. The van der Waals surface area contributed by atoms with Gasteiger partial charge in [-0.1, -0.05) is 61.7 Å². The summed E-state index contributed by atoms with van der Waals surface area (Å²) in [7, 11) is -2.69. The molecule has 0 aliphatic carbocycles. The first-order valence-electron chi connectivity index (χ1n) is 12.1. The molecule has 1 atom stereocenters. The van der Waals surface area contributed by atoms with Crippen LogP contribution in [0.5, 0.6) is 11.5 Å². The van der Waals surface area contributed by atoms with Gasteiger partial charge in [-0.15, -0.1) is 0 Å². The highest BCUT2D eigenvalue weighted by Gasteiger charge is 2.12. The predicted octanol–water partition coefficient (Wildman–Crippen LogP) is 4.15. The van der Waals surface area contributed by atoms with Gasteiger partial charge in [0.25, 0.3) is 0 Å². The van der Waals surface area contributed by atoms with Crippen LogP contribution in [-0.4, -0.2) is 42.5 Å². The van der Waals surface area contributed by atoms with Gasteiger partial charge in [0.1, 0.15) is 59.8 Å². The van der Waals surface area contributed by atoms with Gasteiger partial charge in [-0.2, -0.15) is 0 Å². The van der Waals surface area contributed by atoms with Crippen LogP contribution in [0.3, 0.4) is 0 Å². The first kappa shape index (κ1) is 29.4. The number of rotatable bonds is 11. The van der Waals surface area contributed by atoms with Crippen molar-refractivity contribution < 1.29 is 32.1 Å². The molecule has 8 nitrogen and oxygen atoms in total. The summed E-state index contributed by atoms with van der Waals surface area (Å²) in [5, 5.41) is 10.2. The summed E-state index contributed by atoms with van der Waals surface area (Å²) in [6.07, 6.45) is 8.75. The predicted molar refractivity (Wildman–Crippen MR) is 149 cm³/mol. The van der Waals surface area contributed by atoms with E-state index >= 15 is 0 Å².